The standard InChI is InChI=1S/C9H13Cl/c1-4-8(3)6-7-9(10)5-2/h4,6-7H,1,5H2,2-3H3/b8-6-,9-7+. The highest BCUT2D eigenvalue weighted by molar-refractivity contribution is 6.29. The van der Waals surface area contributed by atoms with Gasteiger partial charge in [0.1, 0.15) is 0 Å². The minimum absolute atomic E-state index is 0.876. The number of halogens is 1. The normalized spacial score (nSPS) is 13.5. The maximum absolute atomic E-state index is 5.75. The molecule has 0 rings (SSSR count). The van der Waals surface area contributed by atoms with Crippen molar-refractivity contribution < 1.29 is 0 Å². The van der Waals surface area contributed by atoms with E-state index in [1.165, 1.54) is 0 Å². The Labute approximate surface area is 67.9 Å². The van der Waals surface area contributed by atoms with Gasteiger partial charge >= 0.3 is 0 Å². The lowest BCUT2D eigenvalue weighted by Gasteiger charge is -1.88. The number of hydrogen-bond acceptors (Lipinski definition) is 0. The van der Waals surface area contributed by atoms with Gasteiger partial charge in [0.25, 0.3) is 0 Å². The lowest BCUT2D eigenvalue weighted by Crippen LogP contribution is -1.66. The van der Waals surface area contributed by atoms with Gasteiger partial charge in [-0.25, -0.2) is 0 Å². The van der Waals surface area contributed by atoms with E-state index in [0.29, 0.717) is 0 Å². The fourth-order valence-corrected chi connectivity index (χ4v) is 0.471. The van der Waals surface area contributed by atoms with E-state index < -0.39 is 0 Å². The van der Waals surface area contributed by atoms with E-state index in [1.54, 1.807) is 6.08 Å². The summed E-state index contributed by atoms with van der Waals surface area (Å²) in [6.07, 6.45) is 6.55. The third kappa shape index (κ3) is 4.39. The second kappa shape index (κ2) is 5.31. The highest BCUT2D eigenvalue weighted by Gasteiger charge is 1.82. The molecule has 10 heavy (non-hydrogen) atoms. The summed E-state index contributed by atoms with van der Waals surface area (Å²) in [5.74, 6) is 0. The molecule has 0 amide bonds. The maximum atomic E-state index is 5.75. The summed E-state index contributed by atoms with van der Waals surface area (Å²) < 4.78 is 0. The van der Waals surface area contributed by atoms with Gasteiger partial charge in [0, 0.05) is 5.03 Å². The predicted octanol–water partition coefficient (Wildman–Crippen LogP) is 3.65. The Kier molecular flexibility index (Phi) is 5.05. The molecule has 0 saturated heterocycles. The van der Waals surface area contributed by atoms with E-state index in [1.807, 2.05) is 26.0 Å². The van der Waals surface area contributed by atoms with E-state index >= 15 is 0 Å². The quantitative estimate of drug-likeness (QED) is 0.548. The molecule has 0 unspecified atom stereocenters. The zero-order valence-corrected chi connectivity index (χ0v) is 7.28. The second-order valence-corrected chi connectivity index (χ2v) is 2.57. The van der Waals surface area contributed by atoms with Crippen molar-refractivity contribution in [1.29, 1.82) is 0 Å². The fourth-order valence-electron chi connectivity index (χ4n) is 0.408. The van der Waals surface area contributed by atoms with Gasteiger partial charge in [-0.2, -0.15) is 0 Å². The minimum atomic E-state index is 0.876. The van der Waals surface area contributed by atoms with Gasteiger partial charge in [-0.05, 0) is 19.4 Å². The van der Waals surface area contributed by atoms with Crippen molar-refractivity contribution in [2.75, 3.05) is 0 Å². The van der Waals surface area contributed by atoms with Crippen molar-refractivity contribution in [1.82, 2.24) is 0 Å². The van der Waals surface area contributed by atoms with Gasteiger partial charge in [0.05, 0.1) is 0 Å². The monoisotopic (exact) mass is 156 g/mol. The Morgan fingerprint density at radius 2 is 2.10 bits per heavy atom. The smallest absolute Gasteiger partial charge is 0.0178 e. The van der Waals surface area contributed by atoms with Crippen LogP contribution >= 0.6 is 11.6 Å². The molecule has 0 aliphatic rings. The molecule has 0 aromatic rings. The summed E-state index contributed by atoms with van der Waals surface area (Å²) in [6.45, 7) is 7.64. The summed E-state index contributed by atoms with van der Waals surface area (Å²) in [5, 5.41) is 0.876. The van der Waals surface area contributed by atoms with Crippen LogP contribution in [0.25, 0.3) is 0 Å². The average molecular weight is 157 g/mol. The summed E-state index contributed by atoms with van der Waals surface area (Å²) in [6, 6.07) is 0. The van der Waals surface area contributed by atoms with Crippen LogP contribution < -0.4 is 0 Å². The first-order valence-corrected chi connectivity index (χ1v) is 3.74. The summed E-state index contributed by atoms with van der Waals surface area (Å²) in [4.78, 5) is 0. The molecule has 0 heterocycles. The van der Waals surface area contributed by atoms with E-state index in [9.17, 15) is 0 Å². The Morgan fingerprint density at radius 3 is 2.50 bits per heavy atom. The van der Waals surface area contributed by atoms with Gasteiger partial charge in [-0.15, -0.1) is 0 Å². The first-order valence-electron chi connectivity index (χ1n) is 3.36. The van der Waals surface area contributed by atoms with Crippen LogP contribution in [-0.4, -0.2) is 0 Å². The van der Waals surface area contributed by atoms with Crippen molar-refractivity contribution >= 4 is 11.6 Å². The molecule has 0 saturated carbocycles. The Balaban J connectivity index is 4.03. The van der Waals surface area contributed by atoms with Crippen molar-refractivity contribution in [2.45, 2.75) is 20.3 Å². The molecule has 0 fully saturated rings. The maximum Gasteiger partial charge on any atom is 0.0178 e. The Hall–Kier alpha value is -0.490. The molecular weight excluding hydrogens is 144 g/mol. The minimum Gasteiger partial charge on any atom is -0.0988 e. The summed E-state index contributed by atoms with van der Waals surface area (Å²) >= 11 is 5.75. The molecule has 56 valence electrons. The molecule has 0 aromatic heterocycles. The largest absolute Gasteiger partial charge is 0.0988 e. The zero-order chi connectivity index (χ0) is 7.98. The third-order valence-corrected chi connectivity index (χ3v) is 1.58. The lowest BCUT2D eigenvalue weighted by molar-refractivity contribution is 1.19. The van der Waals surface area contributed by atoms with E-state index in [-0.39, 0.29) is 0 Å². The van der Waals surface area contributed by atoms with Crippen molar-refractivity contribution in [2.24, 2.45) is 0 Å². The van der Waals surface area contributed by atoms with Gasteiger partial charge in [-0.3, -0.25) is 0 Å². The molecule has 0 radical (unpaired) electrons. The average Bonchev–Trinajstić information content (AvgIpc) is 1.99. The molecule has 0 aliphatic carbocycles. The summed E-state index contributed by atoms with van der Waals surface area (Å²) in [5.41, 5.74) is 1.13. The highest BCUT2D eigenvalue weighted by Crippen LogP contribution is 2.06. The van der Waals surface area contributed by atoms with Gasteiger partial charge in [-0.1, -0.05) is 42.8 Å². The molecule has 0 nitrogen and oxygen atoms in total. The van der Waals surface area contributed by atoms with Gasteiger partial charge in [0.2, 0.25) is 0 Å². The number of rotatable bonds is 3. The van der Waals surface area contributed by atoms with Gasteiger partial charge in [0.15, 0.2) is 0 Å². The second-order valence-electron chi connectivity index (χ2n) is 2.08. The highest BCUT2D eigenvalue weighted by atomic mass is 35.5. The zero-order valence-electron chi connectivity index (χ0n) is 6.52. The fraction of sp³-hybridized carbons (Fsp3) is 0.333. The van der Waals surface area contributed by atoms with Crippen LogP contribution in [0.2, 0.25) is 0 Å². The summed E-state index contributed by atoms with van der Waals surface area (Å²) in [7, 11) is 0. The van der Waals surface area contributed by atoms with E-state index in [2.05, 4.69) is 6.58 Å². The molecule has 0 bridgehead atoms. The molecular formula is C9H13Cl. The van der Waals surface area contributed by atoms with Crippen LogP contribution in [-0.2, 0) is 0 Å². The predicted molar refractivity (Wildman–Crippen MR) is 48.2 cm³/mol. The SMILES string of the molecule is C=C/C(C)=C\C=C(\Cl)CC. The van der Waals surface area contributed by atoms with Gasteiger partial charge < -0.3 is 0 Å². The van der Waals surface area contributed by atoms with Crippen molar-refractivity contribution in [3.63, 3.8) is 0 Å². The molecule has 0 N–H and O–H groups in total. The van der Waals surface area contributed by atoms with Crippen molar-refractivity contribution in [3.05, 3.63) is 35.4 Å². The third-order valence-electron chi connectivity index (χ3n) is 1.19. The number of allylic oxidation sites excluding steroid dienone is 5. The van der Waals surface area contributed by atoms with Crippen molar-refractivity contribution in [3.8, 4) is 0 Å². The van der Waals surface area contributed by atoms with Crippen LogP contribution in [0, 0.1) is 0 Å². The lowest BCUT2D eigenvalue weighted by atomic mass is 10.2. The molecule has 0 aliphatic heterocycles. The van der Waals surface area contributed by atoms with Crippen LogP contribution in [0.5, 0.6) is 0 Å². The van der Waals surface area contributed by atoms with E-state index in [4.69, 9.17) is 11.6 Å². The Morgan fingerprint density at radius 1 is 1.50 bits per heavy atom. The van der Waals surface area contributed by atoms with E-state index in [0.717, 1.165) is 17.0 Å². The molecule has 1 heteroatoms. The molecule has 0 spiro atoms. The first kappa shape index (κ1) is 9.51. The first-order chi connectivity index (χ1) is 4.70. The van der Waals surface area contributed by atoms with Crippen LogP contribution in [0.3, 0.4) is 0 Å². The number of hydrogen-bond donors (Lipinski definition) is 0. The van der Waals surface area contributed by atoms with Crippen LogP contribution in [0.4, 0.5) is 0 Å². The van der Waals surface area contributed by atoms with Crippen LogP contribution in [0.1, 0.15) is 20.3 Å². The van der Waals surface area contributed by atoms with Crippen LogP contribution in [0.15, 0.2) is 35.4 Å². The topological polar surface area (TPSA) is 0 Å². The Bertz CT molecular complexity index is 164. The molecule has 0 atom stereocenters. The molecule has 0 aromatic carbocycles.